The zero-order valence-electron chi connectivity index (χ0n) is 11.7. The summed E-state index contributed by atoms with van der Waals surface area (Å²) in [6.45, 7) is 7.49. The summed E-state index contributed by atoms with van der Waals surface area (Å²) in [5, 5.41) is 9.22. The molecule has 0 aromatic heterocycles. The lowest BCUT2D eigenvalue weighted by Crippen LogP contribution is -2.00. The third-order valence-corrected chi connectivity index (χ3v) is 3.33. The molecular formula is C16H31O. The van der Waals surface area contributed by atoms with E-state index in [1.54, 1.807) is 0 Å². The van der Waals surface area contributed by atoms with Crippen molar-refractivity contribution in [1.82, 2.24) is 0 Å². The van der Waals surface area contributed by atoms with Gasteiger partial charge in [-0.25, -0.2) is 0 Å². The van der Waals surface area contributed by atoms with Gasteiger partial charge in [-0.1, -0.05) is 90.2 Å². The summed E-state index contributed by atoms with van der Waals surface area (Å²) >= 11 is 0. The van der Waals surface area contributed by atoms with Crippen LogP contribution in [0.15, 0.2) is 6.08 Å². The molecule has 1 nitrogen and oxygen atoms in total. The Morgan fingerprint density at radius 3 is 1.65 bits per heavy atom. The Balaban J connectivity index is 2.96. The summed E-state index contributed by atoms with van der Waals surface area (Å²) in [5.74, 6) is 0. The molecule has 0 saturated carbocycles. The molecule has 0 aromatic rings. The topological polar surface area (TPSA) is 20.2 Å². The summed E-state index contributed by atoms with van der Waals surface area (Å²) in [6, 6.07) is 0. The Labute approximate surface area is 108 Å². The molecule has 1 atom stereocenters. The second-order valence-corrected chi connectivity index (χ2v) is 5.08. The SMILES string of the molecule is [CH]=CC(O)CCCCCCCCCCCCC. The van der Waals surface area contributed by atoms with Crippen LogP contribution in [0, 0.1) is 6.58 Å². The van der Waals surface area contributed by atoms with E-state index in [0.717, 1.165) is 12.8 Å². The highest BCUT2D eigenvalue weighted by molar-refractivity contribution is 4.74. The van der Waals surface area contributed by atoms with Crippen molar-refractivity contribution in [2.24, 2.45) is 0 Å². The van der Waals surface area contributed by atoms with Crippen molar-refractivity contribution >= 4 is 0 Å². The van der Waals surface area contributed by atoms with E-state index in [4.69, 9.17) is 6.58 Å². The van der Waals surface area contributed by atoms with E-state index < -0.39 is 6.10 Å². The van der Waals surface area contributed by atoms with Crippen molar-refractivity contribution in [3.63, 3.8) is 0 Å². The molecular weight excluding hydrogens is 208 g/mol. The van der Waals surface area contributed by atoms with Crippen LogP contribution in [0.4, 0.5) is 0 Å². The van der Waals surface area contributed by atoms with Crippen molar-refractivity contribution < 1.29 is 5.11 Å². The molecule has 0 aliphatic heterocycles. The molecule has 1 heteroatoms. The second-order valence-electron chi connectivity index (χ2n) is 5.08. The van der Waals surface area contributed by atoms with Gasteiger partial charge in [-0.3, -0.25) is 0 Å². The highest BCUT2D eigenvalue weighted by atomic mass is 16.3. The monoisotopic (exact) mass is 239 g/mol. The van der Waals surface area contributed by atoms with Crippen LogP contribution in [-0.2, 0) is 0 Å². The Hall–Kier alpha value is -0.300. The molecule has 0 saturated heterocycles. The van der Waals surface area contributed by atoms with Gasteiger partial charge >= 0.3 is 0 Å². The Kier molecular flexibility index (Phi) is 13.5. The fourth-order valence-electron chi connectivity index (χ4n) is 2.11. The molecule has 1 radical (unpaired) electrons. The Morgan fingerprint density at radius 2 is 1.24 bits per heavy atom. The maximum atomic E-state index is 9.22. The first-order valence-corrected chi connectivity index (χ1v) is 7.54. The minimum absolute atomic E-state index is 0.395. The van der Waals surface area contributed by atoms with Crippen molar-refractivity contribution in [2.45, 2.75) is 90.1 Å². The predicted molar refractivity (Wildman–Crippen MR) is 76.0 cm³/mol. The maximum Gasteiger partial charge on any atom is 0.0723 e. The molecule has 0 aromatic carbocycles. The minimum atomic E-state index is -0.395. The number of aliphatic hydroxyl groups is 1. The van der Waals surface area contributed by atoms with E-state index in [-0.39, 0.29) is 0 Å². The number of hydrogen-bond acceptors (Lipinski definition) is 1. The van der Waals surface area contributed by atoms with Crippen molar-refractivity contribution in [2.75, 3.05) is 0 Å². The second kappa shape index (κ2) is 13.8. The van der Waals surface area contributed by atoms with E-state index in [1.807, 2.05) is 0 Å². The van der Waals surface area contributed by atoms with Crippen molar-refractivity contribution in [3.05, 3.63) is 12.7 Å². The number of aliphatic hydroxyl groups excluding tert-OH is 1. The molecule has 0 heterocycles. The summed E-state index contributed by atoms with van der Waals surface area (Å²) < 4.78 is 0. The van der Waals surface area contributed by atoms with Gasteiger partial charge in [0.05, 0.1) is 6.10 Å². The molecule has 0 rings (SSSR count). The molecule has 17 heavy (non-hydrogen) atoms. The van der Waals surface area contributed by atoms with Gasteiger partial charge < -0.3 is 5.11 Å². The Morgan fingerprint density at radius 1 is 0.824 bits per heavy atom. The lowest BCUT2D eigenvalue weighted by Gasteiger charge is -2.04. The van der Waals surface area contributed by atoms with E-state index >= 15 is 0 Å². The van der Waals surface area contributed by atoms with Crippen molar-refractivity contribution in [1.29, 1.82) is 0 Å². The quantitative estimate of drug-likeness (QED) is 0.446. The van der Waals surface area contributed by atoms with Crippen LogP contribution in [0.3, 0.4) is 0 Å². The van der Waals surface area contributed by atoms with E-state index in [1.165, 1.54) is 70.3 Å². The predicted octanol–water partition coefficient (Wildman–Crippen LogP) is 5.04. The van der Waals surface area contributed by atoms with Gasteiger partial charge in [0, 0.05) is 0 Å². The van der Waals surface area contributed by atoms with Gasteiger partial charge in [-0.2, -0.15) is 0 Å². The van der Waals surface area contributed by atoms with E-state index in [2.05, 4.69) is 6.92 Å². The lowest BCUT2D eigenvalue weighted by molar-refractivity contribution is 0.208. The highest BCUT2D eigenvalue weighted by Crippen LogP contribution is 2.12. The molecule has 0 fully saturated rings. The first-order chi connectivity index (χ1) is 8.31. The normalized spacial score (nSPS) is 12.6. The molecule has 1 unspecified atom stereocenters. The van der Waals surface area contributed by atoms with Gasteiger partial charge in [0.1, 0.15) is 0 Å². The van der Waals surface area contributed by atoms with Crippen LogP contribution in [0.25, 0.3) is 0 Å². The Bertz CT molecular complexity index is 154. The number of hydrogen-bond donors (Lipinski definition) is 1. The zero-order chi connectivity index (χ0) is 12.8. The van der Waals surface area contributed by atoms with E-state index in [0.29, 0.717) is 0 Å². The van der Waals surface area contributed by atoms with E-state index in [9.17, 15) is 5.11 Å². The van der Waals surface area contributed by atoms with Gasteiger partial charge in [0.15, 0.2) is 0 Å². The van der Waals surface area contributed by atoms with Crippen LogP contribution in [0.5, 0.6) is 0 Å². The summed E-state index contributed by atoms with van der Waals surface area (Å²) in [7, 11) is 0. The first-order valence-electron chi connectivity index (χ1n) is 7.54. The van der Waals surface area contributed by atoms with Crippen LogP contribution in [0.1, 0.15) is 84.0 Å². The third-order valence-electron chi connectivity index (χ3n) is 3.33. The van der Waals surface area contributed by atoms with Crippen LogP contribution < -0.4 is 0 Å². The molecule has 0 spiro atoms. The molecule has 0 amide bonds. The fourth-order valence-corrected chi connectivity index (χ4v) is 2.11. The minimum Gasteiger partial charge on any atom is -0.389 e. The maximum absolute atomic E-state index is 9.22. The standard InChI is InChI=1S/C16H31O/c1-3-5-6-7-8-9-10-11-12-13-14-15-16(17)4-2/h2,4,16-17H,3,5-15H2,1H3. The zero-order valence-corrected chi connectivity index (χ0v) is 11.7. The van der Waals surface area contributed by atoms with Crippen molar-refractivity contribution in [3.8, 4) is 0 Å². The fraction of sp³-hybridized carbons (Fsp3) is 0.875. The molecule has 0 aliphatic carbocycles. The van der Waals surface area contributed by atoms with Crippen LogP contribution >= 0.6 is 0 Å². The third kappa shape index (κ3) is 13.6. The highest BCUT2D eigenvalue weighted by Gasteiger charge is 1.97. The van der Waals surface area contributed by atoms with Crippen LogP contribution in [0.2, 0.25) is 0 Å². The molecule has 1 N–H and O–H groups in total. The average Bonchev–Trinajstić information content (AvgIpc) is 2.35. The number of unbranched alkanes of at least 4 members (excludes halogenated alkanes) is 10. The molecule has 101 valence electrons. The average molecular weight is 239 g/mol. The van der Waals surface area contributed by atoms with Gasteiger partial charge in [0.25, 0.3) is 0 Å². The summed E-state index contributed by atoms with van der Waals surface area (Å²) in [5.41, 5.74) is 0. The summed E-state index contributed by atoms with van der Waals surface area (Å²) in [4.78, 5) is 0. The molecule has 0 aliphatic rings. The lowest BCUT2D eigenvalue weighted by atomic mass is 10.0. The van der Waals surface area contributed by atoms with Crippen LogP contribution in [-0.4, -0.2) is 11.2 Å². The van der Waals surface area contributed by atoms with Gasteiger partial charge in [-0.15, -0.1) is 0 Å². The first kappa shape index (κ1) is 16.7. The molecule has 0 bridgehead atoms. The van der Waals surface area contributed by atoms with Gasteiger partial charge in [0.2, 0.25) is 0 Å². The summed E-state index contributed by atoms with van der Waals surface area (Å²) in [6.07, 6.45) is 16.6. The van der Waals surface area contributed by atoms with Gasteiger partial charge in [-0.05, 0) is 6.42 Å². The number of rotatable bonds is 13. The smallest absolute Gasteiger partial charge is 0.0723 e. The largest absolute Gasteiger partial charge is 0.389 e.